The number of carbonyl (C=O) groups excluding carboxylic acids is 1. The van der Waals surface area contributed by atoms with Crippen LogP contribution in [0.25, 0.3) is 0 Å². The second-order valence-corrected chi connectivity index (χ2v) is 5.93. The normalized spacial score (nSPS) is 15.3. The van der Waals surface area contributed by atoms with Crippen molar-refractivity contribution in [3.05, 3.63) is 41.0 Å². The minimum atomic E-state index is 0.161. The number of carbonyl (C=O) groups is 1. The standard InChI is InChI=1S/C14H15ClN4OS/c15-12-3-1-11(2-4-12)9-14(20)19-7-5-18(6-8-19)13-10-16-21-17-13/h1-4,10H,5-9H2. The molecule has 1 aliphatic heterocycles. The zero-order valence-corrected chi connectivity index (χ0v) is 13.0. The van der Waals surface area contributed by atoms with Crippen LogP contribution in [0.5, 0.6) is 0 Å². The fourth-order valence-electron chi connectivity index (χ4n) is 2.37. The van der Waals surface area contributed by atoms with Gasteiger partial charge < -0.3 is 9.80 Å². The highest BCUT2D eigenvalue weighted by Gasteiger charge is 2.22. The molecule has 0 bridgehead atoms. The van der Waals surface area contributed by atoms with E-state index < -0.39 is 0 Å². The average Bonchev–Trinajstić information content (AvgIpc) is 3.04. The van der Waals surface area contributed by atoms with E-state index in [2.05, 4.69) is 13.6 Å². The lowest BCUT2D eigenvalue weighted by Gasteiger charge is -2.34. The van der Waals surface area contributed by atoms with E-state index >= 15 is 0 Å². The van der Waals surface area contributed by atoms with Crippen molar-refractivity contribution in [2.75, 3.05) is 31.1 Å². The number of rotatable bonds is 3. The molecule has 2 aromatic rings. The first-order chi connectivity index (χ1) is 10.2. The van der Waals surface area contributed by atoms with Crippen LogP contribution in [0, 0.1) is 0 Å². The van der Waals surface area contributed by atoms with Crippen LogP contribution in [0.1, 0.15) is 5.56 Å². The van der Waals surface area contributed by atoms with Crippen LogP contribution >= 0.6 is 23.3 Å². The third kappa shape index (κ3) is 3.51. The molecule has 0 unspecified atom stereocenters. The maximum atomic E-state index is 12.3. The van der Waals surface area contributed by atoms with Crippen molar-refractivity contribution in [1.82, 2.24) is 13.6 Å². The van der Waals surface area contributed by atoms with E-state index in [0.29, 0.717) is 11.4 Å². The van der Waals surface area contributed by atoms with Gasteiger partial charge in [-0.3, -0.25) is 4.79 Å². The Morgan fingerprint density at radius 1 is 1.19 bits per heavy atom. The van der Waals surface area contributed by atoms with E-state index in [1.165, 1.54) is 11.7 Å². The summed E-state index contributed by atoms with van der Waals surface area (Å²) in [7, 11) is 0. The van der Waals surface area contributed by atoms with Gasteiger partial charge in [0.1, 0.15) is 0 Å². The zero-order chi connectivity index (χ0) is 14.7. The molecule has 21 heavy (non-hydrogen) atoms. The molecule has 1 aliphatic rings. The highest BCUT2D eigenvalue weighted by atomic mass is 35.5. The third-order valence-electron chi connectivity index (χ3n) is 3.57. The number of aromatic nitrogens is 2. The minimum absolute atomic E-state index is 0.161. The van der Waals surface area contributed by atoms with Crippen molar-refractivity contribution in [3.8, 4) is 0 Å². The van der Waals surface area contributed by atoms with Gasteiger partial charge >= 0.3 is 0 Å². The highest BCUT2D eigenvalue weighted by Crippen LogP contribution is 2.15. The predicted octanol–water partition coefficient (Wildman–Crippen LogP) is 2.08. The lowest BCUT2D eigenvalue weighted by Crippen LogP contribution is -2.49. The van der Waals surface area contributed by atoms with Gasteiger partial charge in [-0.1, -0.05) is 23.7 Å². The molecule has 1 saturated heterocycles. The maximum absolute atomic E-state index is 12.3. The molecule has 5 nitrogen and oxygen atoms in total. The number of nitrogens with zero attached hydrogens (tertiary/aromatic N) is 4. The number of amides is 1. The van der Waals surface area contributed by atoms with Crippen LogP contribution < -0.4 is 4.90 Å². The Bertz CT molecular complexity index is 594. The molecule has 0 aliphatic carbocycles. The van der Waals surface area contributed by atoms with Crippen molar-refractivity contribution in [2.24, 2.45) is 0 Å². The molecule has 110 valence electrons. The molecule has 1 amide bonds. The largest absolute Gasteiger partial charge is 0.351 e. The summed E-state index contributed by atoms with van der Waals surface area (Å²) in [5, 5.41) is 0.691. The van der Waals surface area contributed by atoms with Gasteiger partial charge in [-0.2, -0.15) is 8.75 Å². The van der Waals surface area contributed by atoms with E-state index in [0.717, 1.165) is 37.6 Å². The molecular weight excluding hydrogens is 308 g/mol. The molecule has 0 saturated carbocycles. The number of hydrogen-bond donors (Lipinski definition) is 0. The van der Waals surface area contributed by atoms with Gasteiger partial charge in [-0.15, -0.1) is 0 Å². The van der Waals surface area contributed by atoms with Gasteiger partial charge in [0.05, 0.1) is 24.3 Å². The predicted molar refractivity (Wildman–Crippen MR) is 83.9 cm³/mol. The quantitative estimate of drug-likeness (QED) is 0.868. The number of benzene rings is 1. The Labute approximate surface area is 132 Å². The van der Waals surface area contributed by atoms with Crippen molar-refractivity contribution >= 4 is 35.1 Å². The Hall–Kier alpha value is -1.66. The molecule has 1 aromatic heterocycles. The molecule has 0 N–H and O–H groups in total. The van der Waals surface area contributed by atoms with E-state index in [-0.39, 0.29) is 5.91 Å². The lowest BCUT2D eigenvalue weighted by molar-refractivity contribution is -0.130. The van der Waals surface area contributed by atoms with Crippen LogP contribution in [0.4, 0.5) is 5.82 Å². The first-order valence-corrected chi connectivity index (χ1v) is 7.88. The molecular formula is C14H15ClN4OS. The fraction of sp³-hybridized carbons (Fsp3) is 0.357. The maximum Gasteiger partial charge on any atom is 0.227 e. The van der Waals surface area contributed by atoms with E-state index in [9.17, 15) is 4.79 Å². The Balaban J connectivity index is 1.54. The average molecular weight is 323 g/mol. The van der Waals surface area contributed by atoms with Crippen molar-refractivity contribution < 1.29 is 4.79 Å². The summed E-state index contributed by atoms with van der Waals surface area (Å²) in [5.74, 6) is 1.07. The lowest BCUT2D eigenvalue weighted by atomic mass is 10.1. The molecule has 0 radical (unpaired) electrons. The second kappa shape index (κ2) is 6.41. The van der Waals surface area contributed by atoms with Crippen LogP contribution in [-0.4, -0.2) is 45.7 Å². The first kappa shape index (κ1) is 14.3. The summed E-state index contributed by atoms with van der Waals surface area (Å²) in [6, 6.07) is 7.43. The second-order valence-electron chi connectivity index (χ2n) is 4.94. The van der Waals surface area contributed by atoms with E-state index in [4.69, 9.17) is 11.6 Å². The molecule has 7 heteroatoms. The molecule has 1 aromatic carbocycles. The van der Waals surface area contributed by atoms with Crippen LogP contribution in [0.15, 0.2) is 30.5 Å². The van der Waals surface area contributed by atoms with Gasteiger partial charge in [-0.25, -0.2) is 0 Å². The van der Waals surface area contributed by atoms with Gasteiger partial charge in [-0.05, 0) is 17.7 Å². The summed E-state index contributed by atoms with van der Waals surface area (Å²) in [6.07, 6.45) is 2.20. The number of halogens is 1. The SMILES string of the molecule is O=C(Cc1ccc(Cl)cc1)N1CCN(c2cnsn2)CC1. The van der Waals surface area contributed by atoms with Crippen LogP contribution in [-0.2, 0) is 11.2 Å². The minimum Gasteiger partial charge on any atom is -0.351 e. The topological polar surface area (TPSA) is 49.3 Å². The summed E-state index contributed by atoms with van der Waals surface area (Å²) in [4.78, 5) is 16.4. The third-order valence-corrected chi connectivity index (χ3v) is 4.30. The smallest absolute Gasteiger partial charge is 0.227 e. The Morgan fingerprint density at radius 3 is 2.52 bits per heavy atom. The molecule has 0 spiro atoms. The number of piperazine rings is 1. The zero-order valence-electron chi connectivity index (χ0n) is 11.4. The van der Waals surface area contributed by atoms with Crippen LogP contribution in [0.3, 0.4) is 0 Å². The number of anilines is 1. The van der Waals surface area contributed by atoms with Gasteiger partial charge in [0.2, 0.25) is 5.91 Å². The Morgan fingerprint density at radius 2 is 1.90 bits per heavy atom. The fourth-order valence-corrected chi connectivity index (χ4v) is 2.93. The van der Waals surface area contributed by atoms with Gasteiger partial charge in [0.25, 0.3) is 0 Å². The summed E-state index contributed by atoms with van der Waals surface area (Å²) in [6.45, 7) is 3.06. The Kier molecular flexibility index (Phi) is 4.36. The first-order valence-electron chi connectivity index (χ1n) is 6.77. The van der Waals surface area contributed by atoms with Gasteiger partial charge in [0, 0.05) is 31.2 Å². The van der Waals surface area contributed by atoms with Crippen molar-refractivity contribution in [3.63, 3.8) is 0 Å². The van der Waals surface area contributed by atoms with E-state index in [1.54, 1.807) is 6.20 Å². The van der Waals surface area contributed by atoms with Crippen molar-refractivity contribution in [2.45, 2.75) is 6.42 Å². The highest BCUT2D eigenvalue weighted by molar-refractivity contribution is 6.99. The van der Waals surface area contributed by atoms with Gasteiger partial charge in [0.15, 0.2) is 5.82 Å². The number of hydrogen-bond acceptors (Lipinski definition) is 5. The van der Waals surface area contributed by atoms with Crippen LogP contribution in [0.2, 0.25) is 5.02 Å². The van der Waals surface area contributed by atoms with Crippen molar-refractivity contribution in [1.29, 1.82) is 0 Å². The molecule has 3 rings (SSSR count). The molecule has 1 fully saturated rings. The van der Waals surface area contributed by atoms with E-state index in [1.807, 2.05) is 29.2 Å². The monoisotopic (exact) mass is 322 g/mol. The molecule has 0 atom stereocenters. The molecule has 2 heterocycles. The summed E-state index contributed by atoms with van der Waals surface area (Å²) in [5.41, 5.74) is 0.996. The summed E-state index contributed by atoms with van der Waals surface area (Å²) < 4.78 is 8.24. The summed E-state index contributed by atoms with van der Waals surface area (Å²) >= 11 is 7.06.